The van der Waals surface area contributed by atoms with Crippen LogP contribution >= 0.6 is 12.6 Å². The third-order valence-electron chi connectivity index (χ3n) is 8.66. The molecule has 0 saturated carbocycles. The van der Waals surface area contributed by atoms with Crippen molar-refractivity contribution in [2.45, 2.75) is 68.7 Å². The predicted octanol–water partition coefficient (Wildman–Crippen LogP) is 1.61. The highest BCUT2D eigenvalue weighted by Crippen LogP contribution is 2.20. The highest BCUT2D eigenvalue weighted by Gasteiger charge is 2.32. The second kappa shape index (κ2) is 20.0. The van der Waals surface area contributed by atoms with Gasteiger partial charge in [0.15, 0.2) is 0 Å². The Hall–Kier alpha value is -5.18. The predicted molar refractivity (Wildman–Crippen MR) is 202 cm³/mol. The van der Waals surface area contributed by atoms with Gasteiger partial charge in [0, 0.05) is 42.1 Å². The van der Waals surface area contributed by atoms with E-state index in [4.69, 9.17) is 11.5 Å². The van der Waals surface area contributed by atoms with Crippen molar-refractivity contribution in [2.75, 3.05) is 12.3 Å². The van der Waals surface area contributed by atoms with Crippen LogP contribution in [-0.2, 0) is 43.2 Å². The minimum Gasteiger partial charge on any atom is -0.480 e. The van der Waals surface area contributed by atoms with Gasteiger partial charge in [0.05, 0.1) is 6.04 Å². The van der Waals surface area contributed by atoms with E-state index in [1.807, 2.05) is 60.7 Å². The van der Waals surface area contributed by atoms with Crippen molar-refractivity contribution >= 4 is 53.1 Å². The number of aromatic nitrogens is 1. The SMILES string of the molecule is NCCCC[C@H](NC(=O)[C@@H](Cc1c[nH]c2ccccc12)NC(=O)[C@H](Cc1ccccc1)NC(=O)[C@H](Cc1ccccc1)NC(=O)[C@@H](N)CS)C(=O)O. The van der Waals surface area contributed by atoms with Crippen LogP contribution in [0.15, 0.2) is 91.1 Å². The van der Waals surface area contributed by atoms with Crippen LogP contribution in [0.25, 0.3) is 10.9 Å². The van der Waals surface area contributed by atoms with Crippen LogP contribution in [0.4, 0.5) is 0 Å². The first-order chi connectivity index (χ1) is 25.1. The minimum atomic E-state index is -1.22. The maximum atomic E-state index is 14.2. The summed E-state index contributed by atoms with van der Waals surface area (Å²) in [5.41, 5.74) is 14.5. The molecule has 1 aromatic heterocycles. The van der Waals surface area contributed by atoms with E-state index in [1.165, 1.54) is 0 Å². The Labute approximate surface area is 308 Å². The summed E-state index contributed by atoms with van der Waals surface area (Å²) in [7, 11) is 0. The molecule has 0 unspecified atom stereocenters. The van der Waals surface area contributed by atoms with Crippen LogP contribution in [0.3, 0.4) is 0 Å². The number of carboxylic acid groups (broad SMARTS) is 1. The van der Waals surface area contributed by atoms with Crippen LogP contribution in [0.5, 0.6) is 0 Å². The summed E-state index contributed by atoms with van der Waals surface area (Å²) in [4.78, 5) is 70.1. The zero-order chi connectivity index (χ0) is 37.5. The summed E-state index contributed by atoms with van der Waals surface area (Å²) in [6, 6.07) is 19.9. The van der Waals surface area contributed by atoms with Gasteiger partial charge in [-0.3, -0.25) is 19.2 Å². The fourth-order valence-electron chi connectivity index (χ4n) is 5.78. The van der Waals surface area contributed by atoms with E-state index in [-0.39, 0.29) is 31.4 Å². The molecule has 14 heteroatoms. The number of para-hydroxylation sites is 1. The Morgan fingerprint density at radius 1 is 0.654 bits per heavy atom. The normalized spacial score (nSPS) is 14.0. The summed E-state index contributed by atoms with van der Waals surface area (Å²) in [5.74, 6) is -3.74. The lowest BCUT2D eigenvalue weighted by atomic mass is 10.0. The Balaban J connectivity index is 1.63. The third-order valence-corrected chi connectivity index (χ3v) is 9.05. The Morgan fingerprint density at radius 3 is 1.65 bits per heavy atom. The Morgan fingerprint density at radius 2 is 1.13 bits per heavy atom. The number of aliphatic carboxylic acids is 1. The van der Waals surface area contributed by atoms with Crippen LogP contribution < -0.4 is 32.7 Å². The second-order valence-corrected chi connectivity index (χ2v) is 13.0. The number of unbranched alkanes of at least 4 members (excludes halogenated alkanes) is 1. The van der Waals surface area contributed by atoms with E-state index in [0.717, 1.165) is 27.6 Å². The number of carbonyl (C=O) groups is 5. The number of nitrogens with one attached hydrogen (secondary N) is 5. The molecule has 0 fully saturated rings. The molecule has 0 saturated heterocycles. The molecule has 1 heterocycles. The summed E-state index contributed by atoms with van der Waals surface area (Å²) >= 11 is 4.11. The van der Waals surface area contributed by atoms with E-state index in [9.17, 15) is 29.1 Å². The first kappa shape index (κ1) is 39.6. The number of aromatic amines is 1. The number of carboxylic acids is 1. The zero-order valence-corrected chi connectivity index (χ0v) is 29.7. The van der Waals surface area contributed by atoms with Gasteiger partial charge in [-0.15, -0.1) is 0 Å². The molecule has 0 bridgehead atoms. The standard InChI is InChI=1S/C38H47N7O6S/c39-18-10-9-17-30(38(50)51)42-37(49)33(21-26-22-41-29-16-8-7-15-27(26)29)45-36(48)32(20-25-13-5-2-6-14-25)44-35(47)31(43-34(46)28(40)23-52)19-24-11-3-1-4-12-24/h1-8,11-16,22,28,30-33,41,52H,9-10,17-21,23,39-40H2,(H,42,49)(H,43,46)(H,44,47)(H,45,48)(H,50,51)/t28-,30-,31-,32-,33+/m0/s1. The van der Waals surface area contributed by atoms with Gasteiger partial charge >= 0.3 is 5.97 Å². The molecule has 0 spiro atoms. The van der Waals surface area contributed by atoms with Gasteiger partial charge in [0.25, 0.3) is 0 Å². The topological polar surface area (TPSA) is 222 Å². The van der Waals surface area contributed by atoms with Gasteiger partial charge in [-0.05, 0) is 48.6 Å². The molecule has 3 aromatic carbocycles. The molecule has 10 N–H and O–H groups in total. The number of thiol groups is 1. The summed E-state index contributed by atoms with van der Waals surface area (Å²) < 4.78 is 0. The summed E-state index contributed by atoms with van der Waals surface area (Å²) in [5, 5.41) is 21.6. The van der Waals surface area contributed by atoms with Crippen molar-refractivity contribution < 1.29 is 29.1 Å². The molecule has 0 aliphatic rings. The van der Waals surface area contributed by atoms with Crippen LogP contribution in [0, 0.1) is 0 Å². The van der Waals surface area contributed by atoms with Crippen LogP contribution in [-0.4, -0.2) is 82.2 Å². The maximum Gasteiger partial charge on any atom is 0.326 e. The number of H-pyrrole nitrogens is 1. The van der Waals surface area contributed by atoms with Crippen molar-refractivity contribution in [3.8, 4) is 0 Å². The molecular formula is C38H47N7O6S. The minimum absolute atomic E-state index is 0.0248. The zero-order valence-electron chi connectivity index (χ0n) is 28.8. The molecule has 276 valence electrons. The summed E-state index contributed by atoms with van der Waals surface area (Å²) in [6.45, 7) is 0.381. The van der Waals surface area contributed by atoms with E-state index >= 15 is 0 Å². The molecular weight excluding hydrogens is 683 g/mol. The molecule has 13 nitrogen and oxygen atoms in total. The first-order valence-electron chi connectivity index (χ1n) is 17.2. The van der Waals surface area contributed by atoms with Crippen LogP contribution in [0.2, 0.25) is 0 Å². The van der Waals surface area contributed by atoms with Gasteiger partial charge in [-0.2, -0.15) is 12.6 Å². The Bertz CT molecular complexity index is 1790. The van der Waals surface area contributed by atoms with Gasteiger partial charge in [0.2, 0.25) is 23.6 Å². The van der Waals surface area contributed by atoms with Gasteiger partial charge in [-0.25, -0.2) is 4.79 Å². The highest BCUT2D eigenvalue weighted by molar-refractivity contribution is 7.80. The number of fused-ring (bicyclic) bond motifs is 1. The average Bonchev–Trinajstić information content (AvgIpc) is 3.56. The lowest BCUT2D eigenvalue weighted by Gasteiger charge is -2.27. The first-order valence-corrected chi connectivity index (χ1v) is 17.9. The molecule has 52 heavy (non-hydrogen) atoms. The van der Waals surface area contributed by atoms with Crippen molar-refractivity contribution in [1.29, 1.82) is 0 Å². The average molecular weight is 730 g/mol. The van der Waals surface area contributed by atoms with Crippen molar-refractivity contribution in [3.63, 3.8) is 0 Å². The number of amides is 4. The second-order valence-electron chi connectivity index (χ2n) is 12.6. The lowest BCUT2D eigenvalue weighted by molar-refractivity contribution is -0.142. The molecule has 4 rings (SSSR count). The quantitative estimate of drug-likeness (QED) is 0.0479. The van der Waals surface area contributed by atoms with Gasteiger partial charge in [0.1, 0.15) is 24.2 Å². The largest absolute Gasteiger partial charge is 0.480 e. The van der Waals surface area contributed by atoms with E-state index in [2.05, 4.69) is 38.9 Å². The number of carbonyl (C=O) groups excluding carboxylic acids is 4. The van der Waals surface area contributed by atoms with Gasteiger partial charge < -0.3 is 42.8 Å². The Kier molecular flexibility index (Phi) is 15.2. The highest BCUT2D eigenvalue weighted by atomic mass is 32.1. The monoisotopic (exact) mass is 729 g/mol. The van der Waals surface area contributed by atoms with E-state index in [0.29, 0.717) is 19.4 Å². The molecule has 0 aliphatic carbocycles. The summed E-state index contributed by atoms with van der Waals surface area (Å²) in [6.07, 6.45) is 3.16. The molecule has 4 amide bonds. The third kappa shape index (κ3) is 11.7. The molecule has 5 atom stereocenters. The van der Waals surface area contributed by atoms with Crippen molar-refractivity contribution in [1.82, 2.24) is 26.3 Å². The van der Waals surface area contributed by atoms with E-state index < -0.39 is 59.8 Å². The number of benzene rings is 3. The van der Waals surface area contributed by atoms with Crippen molar-refractivity contribution in [3.05, 3.63) is 108 Å². The lowest BCUT2D eigenvalue weighted by Crippen LogP contribution is -2.59. The molecule has 0 aliphatic heterocycles. The van der Waals surface area contributed by atoms with Crippen LogP contribution in [0.1, 0.15) is 36.0 Å². The number of nitrogens with two attached hydrogens (primary N) is 2. The maximum absolute atomic E-state index is 14.2. The van der Waals surface area contributed by atoms with Gasteiger partial charge in [-0.1, -0.05) is 78.9 Å². The molecule has 4 aromatic rings. The fourth-order valence-corrected chi connectivity index (χ4v) is 5.94. The number of hydrogen-bond acceptors (Lipinski definition) is 8. The smallest absolute Gasteiger partial charge is 0.326 e. The molecule has 0 radical (unpaired) electrons. The number of hydrogen-bond donors (Lipinski definition) is 9. The van der Waals surface area contributed by atoms with Crippen molar-refractivity contribution in [2.24, 2.45) is 11.5 Å². The number of rotatable bonds is 20. The van der Waals surface area contributed by atoms with E-state index in [1.54, 1.807) is 30.5 Å². The fraction of sp³-hybridized carbons (Fsp3) is 0.342.